The summed E-state index contributed by atoms with van der Waals surface area (Å²) in [6.07, 6.45) is 4.74. The Balaban J connectivity index is 3.52. The number of quaternary nitrogens is 1. The van der Waals surface area contributed by atoms with E-state index >= 15 is 0 Å². The quantitative estimate of drug-likeness (QED) is 0.387. The number of carbonyl (C=O) groups is 5. The Morgan fingerprint density at radius 1 is 0.848 bits per heavy atom. The summed E-state index contributed by atoms with van der Waals surface area (Å²) in [7, 11) is 0. The fourth-order valence-electron chi connectivity index (χ4n) is 3.83. The van der Waals surface area contributed by atoms with E-state index in [1.165, 1.54) is 35.7 Å². The summed E-state index contributed by atoms with van der Waals surface area (Å²) in [6, 6.07) is 0. The van der Waals surface area contributed by atoms with Crippen molar-refractivity contribution in [2.75, 3.05) is 24.7 Å². The summed E-state index contributed by atoms with van der Waals surface area (Å²) in [5.74, 6) is -0.895. The molecule has 184 valence electrons. The number of rotatable bonds is 13. The Kier molecular flexibility index (Phi) is 14.2. The molecule has 0 radical (unpaired) electrons. The average Bonchev–Trinajstić information content (AvgIpc) is 2.71. The van der Waals surface area contributed by atoms with E-state index in [1.807, 2.05) is 20.8 Å². The van der Waals surface area contributed by atoms with Crippen LogP contribution in [0.1, 0.15) is 65.7 Å². The Hall–Kier alpha value is -1.71. The summed E-state index contributed by atoms with van der Waals surface area (Å²) >= 11 is 2.87. The summed E-state index contributed by atoms with van der Waals surface area (Å²) in [6.45, 7) is 5.45. The van der Waals surface area contributed by atoms with Gasteiger partial charge in [0.2, 0.25) is 5.91 Å². The van der Waals surface area contributed by atoms with Crippen LogP contribution in [0, 0.1) is 0 Å². The molecule has 1 heterocycles. The Morgan fingerprint density at radius 3 is 1.76 bits per heavy atom. The first kappa shape index (κ1) is 29.3. The molecule has 0 aromatic carbocycles. The largest absolute Gasteiger partial charge is 0.303 e. The lowest BCUT2D eigenvalue weighted by molar-refractivity contribution is -0.931. The van der Waals surface area contributed by atoms with Crippen molar-refractivity contribution in [2.24, 2.45) is 0 Å². The maximum Gasteiger partial charge on any atom is 0.248 e. The van der Waals surface area contributed by atoms with Crippen LogP contribution in [0.5, 0.6) is 0 Å². The van der Waals surface area contributed by atoms with Crippen LogP contribution in [0.3, 0.4) is 0 Å². The molecule has 0 bridgehead atoms. The molecule has 1 aliphatic heterocycles. The van der Waals surface area contributed by atoms with Crippen molar-refractivity contribution in [3.8, 4) is 0 Å². The van der Waals surface area contributed by atoms with Gasteiger partial charge >= 0.3 is 0 Å². The van der Waals surface area contributed by atoms with Crippen LogP contribution in [0.2, 0.25) is 0 Å². The highest BCUT2D eigenvalue weighted by atomic mass is 32.2. The molecule has 1 unspecified atom stereocenters. The van der Waals surface area contributed by atoms with Crippen molar-refractivity contribution in [3.63, 3.8) is 0 Å². The molecule has 7 nitrogen and oxygen atoms in total. The topological polar surface area (TPSA) is 97.4 Å². The van der Waals surface area contributed by atoms with Crippen LogP contribution in [-0.4, -0.2) is 64.4 Å². The number of thioether (sulfide) groups is 2. The van der Waals surface area contributed by atoms with Gasteiger partial charge in [0.15, 0.2) is 29.3 Å². The van der Waals surface area contributed by atoms with Gasteiger partial charge in [-0.25, -0.2) is 0 Å². The molecule has 33 heavy (non-hydrogen) atoms. The second-order valence-corrected chi connectivity index (χ2v) is 10.5. The van der Waals surface area contributed by atoms with Crippen LogP contribution in [0.4, 0.5) is 0 Å². The van der Waals surface area contributed by atoms with E-state index in [2.05, 4.69) is 5.32 Å². The van der Waals surface area contributed by atoms with E-state index in [0.29, 0.717) is 43.6 Å². The second kappa shape index (κ2) is 16.0. The van der Waals surface area contributed by atoms with Gasteiger partial charge < -0.3 is 5.32 Å². The minimum atomic E-state index is -0.865. The molecule has 1 atom stereocenters. The highest BCUT2D eigenvalue weighted by molar-refractivity contribution is 8.18. The molecular weight excluding hydrogens is 460 g/mol. The lowest BCUT2D eigenvalue weighted by atomic mass is 10.0. The molecule has 9 heteroatoms. The maximum absolute atomic E-state index is 12.8. The van der Waals surface area contributed by atoms with Gasteiger partial charge in [-0.05, 0) is 36.2 Å². The maximum atomic E-state index is 12.8. The van der Waals surface area contributed by atoms with E-state index in [0.717, 1.165) is 0 Å². The molecular formula is C24H37N2O5S2+. The molecule has 0 aromatic heterocycles. The number of nitrogens with one attached hydrogen (secondary N) is 1. The smallest absolute Gasteiger partial charge is 0.248 e. The third kappa shape index (κ3) is 11.3. The van der Waals surface area contributed by atoms with Crippen LogP contribution in [0.25, 0.3) is 0 Å². The molecule has 0 saturated heterocycles. The SMILES string of the molecule is CCCC(=O)C[N+](CC(=O)CCC)(CC(=O)CCC)C1CC(=O)C=CSCSC=CC(=O)N1. The molecule has 1 amide bonds. The van der Waals surface area contributed by atoms with Crippen molar-refractivity contribution in [1.29, 1.82) is 0 Å². The molecule has 0 fully saturated rings. The predicted molar refractivity (Wildman–Crippen MR) is 134 cm³/mol. The van der Waals surface area contributed by atoms with Gasteiger partial charge in [-0.3, -0.25) is 28.5 Å². The Labute approximate surface area is 205 Å². The van der Waals surface area contributed by atoms with Crippen molar-refractivity contribution in [1.82, 2.24) is 5.32 Å². The van der Waals surface area contributed by atoms with Crippen molar-refractivity contribution in [2.45, 2.75) is 71.9 Å². The number of hydrogen-bond acceptors (Lipinski definition) is 7. The average molecular weight is 498 g/mol. The van der Waals surface area contributed by atoms with E-state index in [-0.39, 0.29) is 53.7 Å². The van der Waals surface area contributed by atoms with Crippen molar-refractivity contribution in [3.05, 3.63) is 23.0 Å². The highest BCUT2D eigenvalue weighted by Crippen LogP contribution is 2.21. The van der Waals surface area contributed by atoms with Gasteiger partial charge in [0.1, 0.15) is 19.6 Å². The molecule has 0 spiro atoms. The Bertz CT molecular complexity index is 686. The lowest BCUT2D eigenvalue weighted by Gasteiger charge is -2.43. The molecule has 0 aliphatic carbocycles. The highest BCUT2D eigenvalue weighted by Gasteiger charge is 2.43. The minimum absolute atomic E-state index is 0.0755. The summed E-state index contributed by atoms with van der Waals surface area (Å²) in [5.41, 5.74) is 0. The van der Waals surface area contributed by atoms with Crippen molar-refractivity contribution >= 4 is 52.6 Å². The van der Waals surface area contributed by atoms with Gasteiger partial charge in [-0.2, -0.15) is 0 Å². The van der Waals surface area contributed by atoms with E-state index in [9.17, 15) is 24.0 Å². The number of carbonyl (C=O) groups excluding carboxylic acids is 5. The predicted octanol–water partition coefficient (Wildman–Crippen LogP) is 3.78. The number of amides is 1. The first-order valence-electron chi connectivity index (χ1n) is 11.6. The number of nitrogens with zero attached hydrogens (tertiary/aromatic N) is 1. The van der Waals surface area contributed by atoms with Crippen LogP contribution in [-0.2, 0) is 24.0 Å². The van der Waals surface area contributed by atoms with Crippen molar-refractivity contribution < 1.29 is 28.5 Å². The third-order valence-corrected chi connectivity index (χ3v) is 6.97. The zero-order valence-electron chi connectivity index (χ0n) is 20.0. The van der Waals surface area contributed by atoms with E-state index in [4.69, 9.17) is 0 Å². The lowest BCUT2D eigenvalue weighted by Crippen LogP contribution is -2.67. The van der Waals surface area contributed by atoms with E-state index < -0.39 is 12.1 Å². The molecule has 1 rings (SSSR count). The number of ketones is 4. The standard InChI is InChI=1S/C24H36N2O5S2/c1-4-7-20(28)15-26(16-21(29)8-5-2,17-22(30)9-6-3)23-14-19(27)10-12-32-18-33-13-11-24(31)25-23/h10-13,23H,4-9,14-18H2,1-3H3/p+1. The number of allylic oxidation sites excluding steroid dienone is 1. The second-order valence-electron chi connectivity index (χ2n) is 8.31. The third-order valence-electron chi connectivity index (χ3n) is 5.23. The molecule has 1 aliphatic rings. The fourth-order valence-corrected chi connectivity index (χ4v) is 5.24. The Morgan fingerprint density at radius 2 is 1.30 bits per heavy atom. The molecule has 1 N–H and O–H groups in total. The summed E-state index contributed by atoms with van der Waals surface area (Å²) in [4.78, 5) is 64.0. The fraction of sp³-hybridized carbons (Fsp3) is 0.625. The summed E-state index contributed by atoms with van der Waals surface area (Å²) < 4.78 is -0.240. The minimum Gasteiger partial charge on any atom is -0.303 e. The first-order valence-corrected chi connectivity index (χ1v) is 13.7. The van der Waals surface area contributed by atoms with Crippen LogP contribution >= 0.6 is 23.5 Å². The molecule has 0 aromatic rings. The zero-order chi connectivity index (χ0) is 24.7. The van der Waals surface area contributed by atoms with Gasteiger partial charge in [0, 0.05) is 30.4 Å². The monoisotopic (exact) mass is 497 g/mol. The summed E-state index contributed by atoms with van der Waals surface area (Å²) in [5, 5.41) is 6.92. The molecule has 0 saturated carbocycles. The van der Waals surface area contributed by atoms with E-state index in [1.54, 1.807) is 10.8 Å². The van der Waals surface area contributed by atoms with Gasteiger partial charge in [-0.15, -0.1) is 23.5 Å². The zero-order valence-corrected chi connectivity index (χ0v) is 21.6. The number of hydrogen-bond donors (Lipinski definition) is 1. The van der Waals surface area contributed by atoms with Crippen LogP contribution < -0.4 is 5.32 Å². The first-order chi connectivity index (χ1) is 15.8. The van der Waals surface area contributed by atoms with Gasteiger partial charge in [0.25, 0.3) is 0 Å². The van der Waals surface area contributed by atoms with Crippen LogP contribution in [0.15, 0.2) is 23.0 Å². The van der Waals surface area contributed by atoms with Gasteiger partial charge in [0.05, 0.1) is 6.42 Å². The van der Waals surface area contributed by atoms with Gasteiger partial charge in [-0.1, -0.05) is 20.8 Å². The number of Topliss-reactive ketones (excluding diaryl/α,β-unsaturated/α-hetero) is 3. The normalized spacial score (nSPS) is 17.7.